The van der Waals surface area contributed by atoms with Gasteiger partial charge in [0.25, 0.3) is 5.89 Å². The van der Waals surface area contributed by atoms with Crippen LogP contribution in [-0.4, -0.2) is 15.9 Å². The first-order valence-electron chi connectivity index (χ1n) is 4.87. The monoisotopic (exact) mass is 312 g/mol. The molecule has 88 valence electrons. The molecule has 0 N–H and O–H groups in total. The van der Waals surface area contributed by atoms with E-state index in [9.17, 15) is 4.79 Å². The lowest BCUT2D eigenvalue weighted by atomic mass is 10.4. The Morgan fingerprint density at radius 3 is 2.88 bits per heavy atom. The van der Waals surface area contributed by atoms with Crippen molar-refractivity contribution < 1.29 is 9.32 Å². The van der Waals surface area contributed by atoms with E-state index in [-0.39, 0.29) is 11.7 Å². The quantitative estimate of drug-likeness (QED) is 0.640. The summed E-state index contributed by atoms with van der Waals surface area (Å²) in [5, 5.41) is 3.74. The molecule has 0 fully saturated rings. The highest BCUT2D eigenvalue weighted by atomic mass is 79.9. The zero-order valence-electron chi connectivity index (χ0n) is 9.01. The number of ketones is 1. The molecule has 2 aromatic rings. The van der Waals surface area contributed by atoms with Gasteiger partial charge in [-0.3, -0.25) is 4.79 Å². The molecule has 0 saturated carbocycles. The molecule has 0 aliphatic heterocycles. The van der Waals surface area contributed by atoms with Gasteiger partial charge < -0.3 is 4.52 Å². The molecule has 0 aliphatic carbocycles. The van der Waals surface area contributed by atoms with Crippen molar-refractivity contribution in [3.63, 3.8) is 0 Å². The number of Topliss-reactive ketones (excluding diaryl/α,β-unsaturated/α-hetero) is 1. The normalized spacial score (nSPS) is 10.5. The van der Waals surface area contributed by atoms with Crippen molar-refractivity contribution in [1.82, 2.24) is 10.1 Å². The standard InChI is InChI=1S/C11H9BrN2O2S/c1-7(15)11-13-10(14-16-11)6-17-9-5-3-2-4-8(9)12/h2-5H,6H2,1H3. The number of aromatic nitrogens is 2. The van der Waals surface area contributed by atoms with Gasteiger partial charge in [0.2, 0.25) is 5.78 Å². The van der Waals surface area contributed by atoms with Crippen LogP contribution in [0.1, 0.15) is 23.4 Å². The van der Waals surface area contributed by atoms with Gasteiger partial charge >= 0.3 is 0 Å². The maximum atomic E-state index is 11.0. The van der Waals surface area contributed by atoms with Gasteiger partial charge in [0.05, 0.1) is 5.75 Å². The molecule has 0 atom stereocenters. The Morgan fingerprint density at radius 1 is 1.47 bits per heavy atom. The highest BCUT2D eigenvalue weighted by Crippen LogP contribution is 2.28. The van der Waals surface area contributed by atoms with Crippen molar-refractivity contribution in [3.8, 4) is 0 Å². The second kappa shape index (κ2) is 5.46. The predicted octanol–water partition coefficient (Wildman–Crippen LogP) is 3.33. The van der Waals surface area contributed by atoms with Gasteiger partial charge in [-0.05, 0) is 28.1 Å². The molecule has 1 aromatic heterocycles. The highest BCUT2D eigenvalue weighted by Gasteiger charge is 2.10. The molecule has 1 aromatic carbocycles. The molecule has 0 saturated heterocycles. The number of hydrogen-bond donors (Lipinski definition) is 0. The molecule has 6 heteroatoms. The lowest BCUT2D eigenvalue weighted by molar-refractivity contribution is 0.0972. The molecule has 0 unspecified atom stereocenters. The number of hydrogen-bond acceptors (Lipinski definition) is 5. The SMILES string of the molecule is CC(=O)c1nc(CSc2ccccc2Br)no1. The second-order valence-electron chi connectivity index (χ2n) is 3.29. The van der Waals surface area contributed by atoms with Gasteiger partial charge in [-0.1, -0.05) is 17.3 Å². The molecular formula is C11H9BrN2O2S. The first kappa shape index (κ1) is 12.3. The third kappa shape index (κ3) is 3.17. The Hall–Kier alpha value is -1.14. The van der Waals surface area contributed by atoms with Gasteiger partial charge in [0.1, 0.15) is 0 Å². The van der Waals surface area contributed by atoms with Crippen LogP contribution in [-0.2, 0) is 5.75 Å². The van der Waals surface area contributed by atoms with Crippen LogP contribution in [0.5, 0.6) is 0 Å². The molecule has 2 rings (SSSR count). The van der Waals surface area contributed by atoms with E-state index in [0.717, 1.165) is 9.37 Å². The predicted molar refractivity (Wildman–Crippen MR) is 68.0 cm³/mol. The molecule has 0 radical (unpaired) electrons. The molecular weight excluding hydrogens is 304 g/mol. The number of benzene rings is 1. The van der Waals surface area contributed by atoms with E-state index in [1.165, 1.54) is 6.92 Å². The van der Waals surface area contributed by atoms with Crippen LogP contribution in [0.2, 0.25) is 0 Å². The third-order valence-electron chi connectivity index (χ3n) is 1.96. The number of nitrogens with zero attached hydrogens (tertiary/aromatic N) is 2. The van der Waals surface area contributed by atoms with Crippen LogP contribution in [0.4, 0.5) is 0 Å². The van der Waals surface area contributed by atoms with E-state index in [2.05, 4.69) is 26.1 Å². The molecule has 1 heterocycles. The van der Waals surface area contributed by atoms with E-state index in [4.69, 9.17) is 4.52 Å². The van der Waals surface area contributed by atoms with Crippen LogP contribution < -0.4 is 0 Å². The molecule has 0 amide bonds. The fourth-order valence-corrected chi connectivity index (χ4v) is 2.57. The Bertz CT molecular complexity index is 542. The largest absolute Gasteiger partial charge is 0.331 e. The highest BCUT2D eigenvalue weighted by molar-refractivity contribution is 9.10. The summed E-state index contributed by atoms with van der Waals surface area (Å²) >= 11 is 5.04. The zero-order chi connectivity index (χ0) is 12.3. The molecule has 17 heavy (non-hydrogen) atoms. The van der Waals surface area contributed by atoms with Crippen LogP contribution >= 0.6 is 27.7 Å². The summed E-state index contributed by atoms with van der Waals surface area (Å²) in [6.45, 7) is 1.40. The molecule has 0 aliphatic rings. The van der Waals surface area contributed by atoms with Gasteiger partial charge in [-0.25, -0.2) is 0 Å². The molecule has 0 bridgehead atoms. The summed E-state index contributed by atoms with van der Waals surface area (Å²) < 4.78 is 5.84. The number of carbonyl (C=O) groups is 1. The number of rotatable bonds is 4. The van der Waals surface area contributed by atoms with Gasteiger partial charge in [-0.2, -0.15) is 4.98 Å². The Labute approximate surface area is 111 Å². The minimum Gasteiger partial charge on any atom is -0.331 e. The minimum atomic E-state index is -0.213. The van der Waals surface area contributed by atoms with Crippen molar-refractivity contribution >= 4 is 33.5 Å². The Morgan fingerprint density at radius 2 is 2.24 bits per heavy atom. The summed E-state index contributed by atoms with van der Waals surface area (Å²) in [7, 11) is 0. The maximum Gasteiger partial charge on any atom is 0.293 e. The van der Waals surface area contributed by atoms with Gasteiger partial charge in [0.15, 0.2) is 5.82 Å². The van der Waals surface area contributed by atoms with Crippen LogP contribution in [0.25, 0.3) is 0 Å². The number of carbonyl (C=O) groups excluding carboxylic acids is 1. The zero-order valence-corrected chi connectivity index (χ0v) is 11.4. The van der Waals surface area contributed by atoms with Crippen molar-refractivity contribution in [3.05, 3.63) is 40.5 Å². The van der Waals surface area contributed by atoms with Crippen molar-refractivity contribution in [1.29, 1.82) is 0 Å². The first-order valence-corrected chi connectivity index (χ1v) is 6.65. The van der Waals surface area contributed by atoms with Gasteiger partial charge in [0, 0.05) is 16.3 Å². The fraction of sp³-hybridized carbons (Fsp3) is 0.182. The number of halogens is 1. The smallest absolute Gasteiger partial charge is 0.293 e. The van der Waals surface area contributed by atoms with Gasteiger partial charge in [-0.15, -0.1) is 11.8 Å². The van der Waals surface area contributed by atoms with E-state index < -0.39 is 0 Å². The average Bonchev–Trinajstić information content (AvgIpc) is 2.77. The number of thioether (sulfide) groups is 1. The van der Waals surface area contributed by atoms with Crippen LogP contribution in [0.15, 0.2) is 38.2 Å². The topological polar surface area (TPSA) is 56.0 Å². The minimum absolute atomic E-state index is 0.0627. The van der Waals surface area contributed by atoms with E-state index in [0.29, 0.717) is 11.6 Å². The van der Waals surface area contributed by atoms with E-state index >= 15 is 0 Å². The average molecular weight is 313 g/mol. The lowest BCUT2D eigenvalue weighted by Gasteiger charge is -2.00. The molecule has 4 nitrogen and oxygen atoms in total. The van der Waals surface area contributed by atoms with E-state index in [1.54, 1.807) is 11.8 Å². The summed E-state index contributed by atoms with van der Waals surface area (Å²) in [4.78, 5) is 16.1. The van der Waals surface area contributed by atoms with Crippen molar-refractivity contribution in [2.24, 2.45) is 0 Å². The summed E-state index contributed by atoms with van der Waals surface area (Å²) in [6.07, 6.45) is 0. The van der Waals surface area contributed by atoms with Crippen molar-refractivity contribution in [2.75, 3.05) is 0 Å². The lowest BCUT2D eigenvalue weighted by Crippen LogP contribution is -1.92. The maximum absolute atomic E-state index is 11.0. The van der Waals surface area contributed by atoms with Crippen LogP contribution in [0.3, 0.4) is 0 Å². The first-order chi connectivity index (χ1) is 8.16. The van der Waals surface area contributed by atoms with Crippen molar-refractivity contribution in [2.45, 2.75) is 17.6 Å². The summed E-state index contributed by atoms with van der Waals surface area (Å²) in [5.41, 5.74) is 0. The van der Waals surface area contributed by atoms with Crippen LogP contribution in [0, 0.1) is 0 Å². The third-order valence-corrected chi connectivity index (χ3v) is 3.99. The Kier molecular flexibility index (Phi) is 3.96. The summed E-state index contributed by atoms with van der Waals surface area (Å²) in [6, 6.07) is 7.89. The Balaban J connectivity index is 2.02. The summed E-state index contributed by atoms with van der Waals surface area (Å²) in [5.74, 6) is 0.942. The fourth-order valence-electron chi connectivity index (χ4n) is 1.16. The molecule has 0 spiro atoms. The van der Waals surface area contributed by atoms with E-state index in [1.807, 2.05) is 24.3 Å². The second-order valence-corrected chi connectivity index (χ2v) is 5.16.